The lowest BCUT2D eigenvalue weighted by molar-refractivity contribution is -0.126. The lowest BCUT2D eigenvalue weighted by Gasteiger charge is -2.23. The molecule has 0 unspecified atom stereocenters. The van der Waals surface area contributed by atoms with Crippen molar-refractivity contribution < 1.29 is 4.79 Å². The maximum absolute atomic E-state index is 12.7. The number of rotatable bonds is 5. The van der Waals surface area contributed by atoms with Crippen LogP contribution in [0.2, 0.25) is 0 Å². The molecule has 1 aromatic carbocycles. The first kappa shape index (κ1) is 17.4. The number of hydrogen-bond acceptors (Lipinski definition) is 3. The molecule has 130 valence electrons. The molecule has 1 amide bonds. The number of likely N-dealkylation sites (tertiary alicyclic amines) is 1. The van der Waals surface area contributed by atoms with Gasteiger partial charge in [0.1, 0.15) is 0 Å². The van der Waals surface area contributed by atoms with E-state index >= 15 is 0 Å². The van der Waals surface area contributed by atoms with Crippen LogP contribution >= 0.6 is 0 Å². The molecule has 0 N–H and O–H groups in total. The number of amides is 1. The molecule has 1 aromatic heterocycles. The summed E-state index contributed by atoms with van der Waals surface area (Å²) >= 11 is 0. The van der Waals surface area contributed by atoms with Crippen molar-refractivity contribution in [2.75, 3.05) is 20.6 Å². The fraction of sp³-hybridized carbons (Fsp3) is 0.333. The number of nitrogens with zero attached hydrogens (tertiary/aromatic N) is 3. The van der Waals surface area contributed by atoms with E-state index in [-0.39, 0.29) is 11.9 Å². The smallest absolute Gasteiger partial charge is 0.247 e. The first-order valence-corrected chi connectivity index (χ1v) is 8.78. The van der Waals surface area contributed by atoms with Crippen molar-refractivity contribution in [3.8, 4) is 0 Å². The summed E-state index contributed by atoms with van der Waals surface area (Å²) in [5.41, 5.74) is 3.08. The Balaban J connectivity index is 1.74. The van der Waals surface area contributed by atoms with E-state index in [9.17, 15) is 4.79 Å². The van der Waals surface area contributed by atoms with E-state index in [4.69, 9.17) is 4.98 Å². The fourth-order valence-corrected chi connectivity index (χ4v) is 3.26. The van der Waals surface area contributed by atoms with E-state index in [1.807, 2.05) is 73.6 Å². The Morgan fingerprint density at radius 3 is 2.76 bits per heavy atom. The lowest BCUT2D eigenvalue weighted by atomic mass is 10.1. The monoisotopic (exact) mass is 335 g/mol. The van der Waals surface area contributed by atoms with Crippen molar-refractivity contribution in [3.05, 3.63) is 71.6 Å². The average Bonchev–Trinajstić information content (AvgIpc) is 3.10. The Labute approximate surface area is 149 Å². The molecule has 0 spiro atoms. The Hall–Kier alpha value is -2.46. The third kappa shape index (κ3) is 4.54. The van der Waals surface area contributed by atoms with Gasteiger partial charge in [0.15, 0.2) is 0 Å². The second-order valence-corrected chi connectivity index (χ2v) is 6.73. The lowest BCUT2D eigenvalue weighted by Crippen LogP contribution is -2.29. The largest absolute Gasteiger partial charge is 0.331 e. The van der Waals surface area contributed by atoms with E-state index in [1.165, 1.54) is 0 Å². The van der Waals surface area contributed by atoms with Crippen molar-refractivity contribution in [2.45, 2.75) is 25.4 Å². The third-order valence-corrected chi connectivity index (χ3v) is 4.40. The molecular weight excluding hydrogens is 310 g/mol. The minimum absolute atomic E-state index is 0.0613. The predicted molar refractivity (Wildman–Crippen MR) is 101 cm³/mol. The summed E-state index contributed by atoms with van der Waals surface area (Å²) in [6.45, 7) is 1.60. The maximum atomic E-state index is 12.7. The summed E-state index contributed by atoms with van der Waals surface area (Å²) in [6.07, 6.45) is 5.56. The molecule has 4 nitrogen and oxygen atoms in total. The van der Waals surface area contributed by atoms with Gasteiger partial charge in [-0.1, -0.05) is 36.4 Å². The molecule has 2 heterocycles. The molecule has 2 aromatic rings. The zero-order valence-electron chi connectivity index (χ0n) is 14.9. The van der Waals surface area contributed by atoms with Crippen molar-refractivity contribution >= 4 is 12.0 Å². The first-order valence-electron chi connectivity index (χ1n) is 8.78. The Morgan fingerprint density at radius 1 is 1.20 bits per heavy atom. The molecule has 4 heteroatoms. The highest BCUT2D eigenvalue weighted by Crippen LogP contribution is 2.31. The van der Waals surface area contributed by atoms with Crippen LogP contribution in [-0.2, 0) is 11.3 Å². The maximum Gasteiger partial charge on any atom is 0.247 e. The summed E-state index contributed by atoms with van der Waals surface area (Å²) in [4.78, 5) is 21.5. The SMILES string of the molecule is CN(C)Cc1cccc([C@H]2CCCN2C(=O)/C=C/c2ccccc2)n1. The van der Waals surface area contributed by atoms with E-state index < -0.39 is 0 Å². The molecule has 3 rings (SSSR count). The number of pyridine rings is 1. The van der Waals surface area contributed by atoms with Crippen molar-refractivity contribution in [1.29, 1.82) is 0 Å². The van der Waals surface area contributed by atoms with Gasteiger partial charge in [0, 0.05) is 19.2 Å². The van der Waals surface area contributed by atoms with Gasteiger partial charge in [-0.05, 0) is 50.7 Å². The van der Waals surface area contributed by atoms with Crippen LogP contribution in [0.15, 0.2) is 54.6 Å². The summed E-state index contributed by atoms with van der Waals surface area (Å²) in [5, 5.41) is 0. The second-order valence-electron chi connectivity index (χ2n) is 6.73. The second kappa shape index (κ2) is 8.08. The fourth-order valence-electron chi connectivity index (χ4n) is 3.26. The Bertz CT molecular complexity index is 740. The van der Waals surface area contributed by atoms with Crippen LogP contribution < -0.4 is 0 Å². The van der Waals surface area contributed by atoms with Gasteiger partial charge in [-0.15, -0.1) is 0 Å². The summed E-state index contributed by atoms with van der Waals surface area (Å²) in [6, 6.07) is 16.1. The molecule has 25 heavy (non-hydrogen) atoms. The highest BCUT2D eigenvalue weighted by molar-refractivity contribution is 5.92. The van der Waals surface area contributed by atoms with Gasteiger partial charge in [-0.25, -0.2) is 0 Å². The number of hydrogen-bond donors (Lipinski definition) is 0. The van der Waals surface area contributed by atoms with Crippen LogP contribution in [0.1, 0.15) is 35.8 Å². The van der Waals surface area contributed by atoms with Gasteiger partial charge in [0.25, 0.3) is 0 Å². The third-order valence-electron chi connectivity index (χ3n) is 4.40. The molecule has 1 saturated heterocycles. The Morgan fingerprint density at radius 2 is 2.00 bits per heavy atom. The number of carbonyl (C=O) groups is 1. The van der Waals surface area contributed by atoms with Crippen LogP contribution in [0.3, 0.4) is 0 Å². The van der Waals surface area contributed by atoms with Crippen molar-refractivity contribution in [2.24, 2.45) is 0 Å². The average molecular weight is 335 g/mol. The van der Waals surface area contributed by atoms with Gasteiger partial charge >= 0.3 is 0 Å². The summed E-state index contributed by atoms with van der Waals surface area (Å²) in [5.74, 6) is 0.0613. The number of aromatic nitrogens is 1. The quantitative estimate of drug-likeness (QED) is 0.785. The minimum atomic E-state index is 0.0613. The highest BCUT2D eigenvalue weighted by atomic mass is 16.2. The molecule has 0 aliphatic carbocycles. The van der Waals surface area contributed by atoms with Gasteiger partial charge in [0.05, 0.1) is 17.4 Å². The zero-order valence-corrected chi connectivity index (χ0v) is 14.9. The normalized spacial score (nSPS) is 17.6. The molecule has 1 atom stereocenters. The minimum Gasteiger partial charge on any atom is -0.331 e. The van der Waals surface area contributed by atoms with Gasteiger partial charge in [-0.3, -0.25) is 9.78 Å². The van der Waals surface area contributed by atoms with Crippen LogP contribution in [0.5, 0.6) is 0 Å². The van der Waals surface area contributed by atoms with Gasteiger partial charge in [-0.2, -0.15) is 0 Å². The van der Waals surface area contributed by atoms with E-state index in [2.05, 4.69) is 4.90 Å². The van der Waals surface area contributed by atoms with Crippen LogP contribution in [0, 0.1) is 0 Å². The molecule has 1 fully saturated rings. The molecular formula is C21H25N3O. The van der Waals surface area contributed by atoms with E-state index in [1.54, 1.807) is 6.08 Å². The van der Waals surface area contributed by atoms with Crippen LogP contribution in [-0.4, -0.2) is 41.3 Å². The summed E-state index contributed by atoms with van der Waals surface area (Å²) < 4.78 is 0. The predicted octanol–water partition coefficient (Wildman–Crippen LogP) is 3.52. The zero-order chi connectivity index (χ0) is 17.6. The van der Waals surface area contributed by atoms with E-state index in [0.29, 0.717) is 0 Å². The summed E-state index contributed by atoms with van der Waals surface area (Å²) in [7, 11) is 4.07. The molecule has 1 aliphatic heterocycles. The van der Waals surface area contributed by atoms with Crippen LogP contribution in [0.4, 0.5) is 0 Å². The van der Waals surface area contributed by atoms with Crippen LogP contribution in [0.25, 0.3) is 6.08 Å². The molecule has 0 saturated carbocycles. The van der Waals surface area contributed by atoms with E-state index in [0.717, 1.165) is 42.9 Å². The molecule has 1 aliphatic rings. The molecule has 0 bridgehead atoms. The van der Waals surface area contributed by atoms with Gasteiger partial charge < -0.3 is 9.80 Å². The first-order chi connectivity index (χ1) is 12.1. The number of benzene rings is 1. The van der Waals surface area contributed by atoms with Crippen molar-refractivity contribution in [3.63, 3.8) is 0 Å². The topological polar surface area (TPSA) is 36.4 Å². The standard InChI is InChI=1S/C21H25N3O/c1-23(2)16-18-10-6-11-19(22-18)20-12-7-15-24(20)21(25)14-13-17-8-4-3-5-9-17/h3-6,8-11,13-14,20H,7,12,15-16H2,1-2H3/b14-13+/t20-/m1/s1. The van der Waals surface area contributed by atoms with Gasteiger partial charge in [0.2, 0.25) is 5.91 Å². The highest BCUT2D eigenvalue weighted by Gasteiger charge is 2.29. The Kier molecular flexibility index (Phi) is 5.61. The number of carbonyl (C=O) groups excluding carboxylic acids is 1. The van der Waals surface area contributed by atoms with Crippen molar-refractivity contribution in [1.82, 2.24) is 14.8 Å². The molecule has 0 radical (unpaired) electrons.